The lowest BCUT2D eigenvalue weighted by atomic mass is 9.89. The molecule has 0 spiro atoms. The molecule has 0 radical (unpaired) electrons. The molecule has 1 aliphatic rings. The zero-order chi connectivity index (χ0) is 11.7. The molecule has 1 atom stereocenters. The fourth-order valence-electron chi connectivity index (χ4n) is 2.25. The van der Waals surface area contributed by atoms with E-state index >= 15 is 0 Å². The third-order valence-electron chi connectivity index (χ3n) is 3.29. The van der Waals surface area contributed by atoms with Gasteiger partial charge in [-0.1, -0.05) is 13.8 Å². The zero-order valence-corrected chi connectivity index (χ0v) is 9.92. The third-order valence-corrected chi connectivity index (χ3v) is 3.29. The molecule has 16 heavy (non-hydrogen) atoms. The van der Waals surface area contributed by atoms with Gasteiger partial charge in [0.05, 0.1) is 5.69 Å². The Bertz CT molecular complexity index is 436. The molecule has 0 bridgehead atoms. The molecule has 1 unspecified atom stereocenters. The Morgan fingerprint density at radius 2 is 2.00 bits per heavy atom. The summed E-state index contributed by atoms with van der Waals surface area (Å²) in [5.41, 5.74) is 8.91. The molecule has 0 fully saturated rings. The number of fused-ring (bicyclic) bond motifs is 1. The van der Waals surface area contributed by atoms with Crippen LogP contribution in [0.4, 0.5) is 0 Å². The largest absolute Gasteiger partial charge is 0.345 e. The van der Waals surface area contributed by atoms with E-state index in [1.54, 1.807) is 0 Å². The summed E-state index contributed by atoms with van der Waals surface area (Å²) < 4.78 is 0. The van der Waals surface area contributed by atoms with Gasteiger partial charge in [0.25, 0.3) is 0 Å². The summed E-state index contributed by atoms with van der Waals surface area (Å²) in [5, 5.41) is 0. The molecule has 0 aromatic carbocycles. The van der Waals surface area contributed by atoms with Crippen molar-refractivity contribution in [3.63, 3.8) is 0 Å². The van der Waals surface area contributed by atoms with Crippen LogP contribution in [0.5, 0.6) is 0 Å². The first-order valence-corrected chi connectivity index (χ1v) is 5.97. The predicted molar refractivity (Wildman–Crippen MR) is 63.3 cm³/mol. The van der Waals surface area contributed by atoms with Crippen LogP contribution in [-0.2, 0) is 12.8 Å². The molecule has 3 N–H and O–H groups in total. The molecule has 0 saturated heterocycles. The van der Waals surface area contributed by atoms with Gasteiger partial charge in [-0.2, -0.15) is 4.98 Å². The number of rotatable bonds is 2. The van der Waals surface area contributed by atoms with Crippen LogP contribution in [0.15, 0.2) is 4.79 Å². The first kappa shape index (κ1) is 11.3. The first-order valence-electron chi connectivity index (χ1n) is 5.97. The van der Waals surface area contributed by atoms with Crippen molar-refractivity contribution in [2.75, 3.05) is 0 Å². The summed E-state index contributed by atoms with van der Waals surface area (Å²) >= 11 is 0. The average molecular weight is 221 g/mol. The van der Waals surface area contributed by atoms with Gasteiger partial charge in [-0.15, -0.1) is 0 Å². The number of nitrogens with zero attached hydrogens (tertiary/aromatic N) is 1. The van der Waals surface area contributed by atoms with Gasteiger partial charge < -0.3 is 10.7 Å². The normalized spacial score (nSPS) is 17.2. The summed E-state index contributed by atoms with van der Waals surface area (Å²) in [6.07, 6.45) is 4.25. The lowest BCUT2D eigenvalue weighted by Gasteiger charge is -2.22. The van der Waals surface area contributed by atoms with Crippen molar-refractivity contribution in [3.05, 3.63) is 27.4 Å². The quantitative estimate of drug-likeness (QED) is 0.790. The van der Waals surface area contributed by atoms with E-state index in [0.29, 0.717) is 5.92 Å². The molecule has 4 heteroatoms. The molecule has 1 aliphatic carbocycles. The number of aromatic amines is 1. The van der Waals surface area contributed by atoms with E-state index in [9.17, 15) is 4.79 Å². The second-order valence-corrected chi connectivity index (χ2v) is 4.86. The number of aryl methyl sites for hydroxylation is 1. The van der Waals surface area contributed by atoms with Gasteiger partial charge >= 0.3 is 5.69 Å². The van der Waals surface area contributed by atoms with E-state index in [4.69, 9.17) is 5.73 Å². The molecule has 0 saturated carbocycles. The number of hydrogen-bond acceptors (Lipinski definition) is 3. The van der Waals surface area contributed by atoms with Gasteiger partial charge in [0.15, 0.2) is 0 Å². The van der Waals surface area contributed by atoms with E-state index < -0.39 is 0 Å². The van der Waals surface area contributed by atoms with E-state index in [1.807, 2.05) is 0 Å². The van der Waals surface area contributed by atoms with Crippen LogP contribution in [0.25, 0.3) is 0 Å². The SMILES string of the molecule is CC(C)C(N)c1nc(=O)[nH]c2c1CCCC2. The number of aromatic nitrogens is 2. The summed E-state index contributed by atoms with van der Waals surface area (Å²) in [6.45, 7) is 4.12. The summed E-state index contributed by atoms with van der Waals surface area (Å²) in [7, 11) is 0. The minimum atomic E-state index is -0.258. The van der Waals surface area contributed by atoms with Crippen LogP contribution in [0.1, 0.15) is 49.7 Å². The van der Waals surface area contributed by atoms with Crippen LogP contribution in [0, 0.1) is 5.92 Å². The highest BCUT2D eigenvalue weighted by molar-refractivity contribution is 5.29. The number of nitrogens with one attached hydrogen (secondary N) is 1. The second-order valence-electron chi connectivity index (χ2n) is 4.86. The minimum Gasteiger partial charge on any atom is -0.322 e. The summed E-state index contributed by atoms with van der Waals surface area (Å²) in [5.74, 6) is 0.306. The maximum Gasteiger partial charge on any atom is 0.345 e. The molecule has 1 aromatic rings. The molecule has 0 aliphatic heterocycles. The van der Waals surface area contributed by atoms with Gasteiger partial charge in [-0.3, -0.25) is 0 Å². The summed E-state index contributed by atoms with van der Waals surface area (Å²) in [4.78, 5) is 18.4. The van der Waals surface area contributed by atoms with Crippen molar-refractivity contribution in [2.45, 2.75) is 45.6 Å². The predicted octanol–water partition coefficient (Wildman–Crippen LogP) is 1.30. The maximum absolute atomic E-state index is 11.5. The fraction of sp³-hybridized carbons (Fsp3) is 0.667. The van der Waals surface area contributed by atoms with Gasteiger partial charge in [-0.25, -0.2) is 4.79 Å². The van der Waals surface area contributed by atoms with Crippen LogP contribution < -0.4 is 11.4 Å². The van der Waals surface area contributed by atoms with Crippen molar-refractivity contribution >= 4 is 0 Å². The van der Waals surface area contributed by atoms with Crippen LogP contribution in [0.3, 0.4) is 0 Å². The lowest BCUT2D eigenvalue weighted by Crippen LogP contribution is -2.28. The Labute approximate surface area is 95.3 Å². The van der Waals surface area contributed by atoms with Crippen LogP contribution in [0.2, 0.25) is 0 Å². The van der Waals surface area contributed by atoms with Gasteiger partial charge in [0.1, 0.15) is 0 Å². The monoisotopic (exact) mass is 221 g/mol. The topological polar surface area (TPSA) is 71.8 Å². The lowest BCUT2D eigenvalue weighted by molar-refractivity contribution is 0.489. The molecular formula is C12H19N3O. The summed E-state index contributed by atoms with van der Waals surface area (Å²) in [6, 6.07) is -0.130. The Hall–Kier alpha value is -1.16. The number of H-pyrrole nitrogens is 1. The Balaban J connectivity index is 2.51. The van der Waals surface area contributed by atoms with E-state index in [-0.39, 0.29) is 11.7 Å². The standard InChI is InChI=1S/C12H19N3O/c1-7(2)10(13)11-8-5-3-4-6-9(8)14-12(16)15-11/h7,10H,3-6,13H2,1-2H3,(H,14,15,16). The Morgan fingerprint density at radius 3 is 2.69 bits per heavy atom. The van der Waals surface area contributed by atoms with Crippen LogP contribution >= 0.6 is 0 Å². The molecule has 1 aromatic heterocycles. The Morgan fingerprint density at radius 1 is 1.31 bits per heavy atom. The first-order chi connectivity index (χ1) is 7.59. The maximum atomic E-state index is 11.5. The van der Waals surface area contributed by atoms with Crippen molar-refractivity contribution in [2.24, 2.45) is 11.7 Å². The second kappa shape index (κ2) is 4.37. The van der Waals surface area contributed by atoms with Crippen LogP contribution in [-0.4, -0.2) is 9.97 Å². The molecule has 4 nitrogen and oxygen atoms in total. The van der Waals surface area contributed by atoms with E-state index in [2.05, 4.69) is 23.8 Å². The van der Waals surface area contributed by atoms with Crippen molar-refractivity contribution in [3.8, 4) is 0 Å². The zero-order valence-electron chi connectivity index (χ0n) is 9.92. The number of nitrogens with two attached hydrogens (primary N) is 1. The third kappa shape index (κ3) is 2.02. The Kier molecular flexibility index (Phi) is 3.10. The van der Waals surface area contributed by atoms with Crippen molar-refractivity contribution in [1.82, 2.24) is 9.97 Å². The molecule has 2 rings (SSSR count). The van der Waals surface area contributed by atoms with Crippen molar-refractivity contribution in [1.29, 1.82) is 0 Å². The van der Waals surface area contributed by atoms with E-state index in [0.717, 1.165) is 30.7 Å². The minimum absolute atomic E-state index is 0.130. The fourth-order valence-corrected chi connectivity index (χ4v) is 2.25. The molecule has 1 heterocycles. The smallest absolute Gasteiger partial charge is 0.322 e. The average Bonchev–Trinajstić information content (AvgIpc) is 2.26. The highest BCUT2D eigenvalue weighted by Crippen LogP contribution is 2.26. The highest BCUT2D eigenvalue weighted by atomic mass is 16.1. The van der Waals surface area contributed by atoms with Crippen molar-refractivity contribution < 1.29 is 0 Å². The van der Waals surface area contributed by atoms with E-state index in [1.165, 1.54) is 12.0 Å². The van der Waals surface area contributed by atoms with Gasteiger partial charge in [-0.05, 0) is 37.2 Å². The number of hydrogen-bond donors (Lipinski definition) is 2. The highest BCUT2D eigenvalue weighted by Gasteiger charge is 2.21. The molecule has 0 amide bonds. The molecule has 88 valence electrons. The van der Waals surface area contributed by atoms with Gasteiger partial charge in [0.2, 0.25) is 0 Å². The molecular weight excluding hydrogens is 202 g/mol. The van der Waals surface area contributed by atoms with Gasteiger partial charge in [0, 0.05) is 11.7 Å².